The quantitative estimate of drug-likeness (QED) is 0.564. The topological polar surface area (TPSA) is 75.7 Å². The standard InChI is InChI=1S/C18H20Cl2N2O4/c1-22(10-16(23)21-13-6-7-14(19)15(20)9-13)17(24)11-26-18(25)8-12-4-2-3-5-12/h2,4,6-7,9,12H,3,5,8,10-11H2,1H3,(H,21,23)/t12-/m0/s1. The van der Waals surface area contributed by atoms with E-state index >= 15 is 0 Å². The van der Waals surface area contributed by atoms with Crippen LogP contribution in [0, 0.1) is 5.92 Å². The summed E-state index contributed by atoms with van der Waals surface area (Å²) >= 11 is 11.7. The maximum atomic E-state index is 12.0. The Labute approximate surface area is 162 Å². The fourth-order valence-electron chi connectivity index (χ4n) is 2.47. The average Bonchev–Trinajstić information content (AvgIpc) is 3.08. The van der Waals surface area contributed by atoms with Crippen molar-refractivity contribution in [1.82, 2.24) is 4.90 Å². The number of anilines is 1. The van der Waals surface area contributed by atoms with E-state index in [4.69, 9.17) is 27.9 Å². The van der Waals surface area contributed by atoms with Gasteiger partial charge < -0.3 is 15.0 Å². The fourth-order valence-corrected chi connectivity index (χ4v) is 2.77. The van der Waals surface area contributed by atoms with Gasteiger partial charge in [-0.05, 0) is 37.0 Å². The Morgan fingerprint density at radius 3 is 2.69 bits per heavy atom. The zero-order valence-corrected chi connectivity index (χ0v) is 15.8. The normalized spacial score (nSPS) is 15.6. The van der Waals surface area contributed by atoms with Crippen LogP contribution >= 0.6 is 23.2 Å². The van der Waals surface area contributed by atoms with Crippen LogP contribution in [0.15, 0.2) is 30.4 Å². The monoisotopic (exact) mass is 398 g/mol. The third-order valence-corrected chi connectivity index (χ3v) is 4.65. The molecule has 0 heterocycles. The van der Waals surface area contributed by atoms with Crippen molar-refractivity contribution in [2.75, 3.05) is 25.5 Å². The highest BCUT2D eigenvalue weighted by Gasteiger charge is 2.18. The number of benzene rings is 1. The Morgan fingerprint density at radius 1 is 1.27 bits per heavy atom. The largest absolute Gasteiger partial charge is 0.456 e. The summed E-state index contributed by atoms with van der Waals surface area (Å²) in [5.74, 6) is -1.08. The van der Waals surface area contributed by atoms with Crippen molar-refractivity contribution in [2.24, 2.45) is 5.92 Å². The van der Waals surface area contributed by atoms with E-state index in [0.717, 1.165) is 12.8 Å². The summed E-state index contributed by atoms with van der Waals surface area (Å²) < 4.78 is 4.99. The molecule has 0 saturated heterocycles. The van der Waals surface area contributed by atoms with Crippen molar-refractivity contribution in [2.45, 2.75) is 19.3 Å². The Hall–Kier alpha value is -2.05. The molecule has 1 aliphatic rings. The zero-order valence-electron chi connectivity index (χ0n) is 14.3. The van der Waals surface area contributed by atoms with Gasteiger partial charge in [0.25, 0.3) is 5.91 Å². The maximum Gasteiger partial charge on any atom is 0.306 e. The molecule has 26 heavy (non-hydrogen) atoms. The minimum Gasteiger partial charge on any atom is -0.456 e. The van der Waals surface area contributed by atoms with E-state index in [1.54, 1.807) is 12.1 Å². The molecule has 140 valence electrons. The molecule has 2 rings (SSSR count). The number of hydrogen-bond acceptors (Lipinski definition) is 4. The second-order valence-corrected chi connectivity index (χ2v) is 6.87. The van der Waals surface area contributed by atoms with Gasteiger partial charge in [-0.2, -0.15) is 0 Å². The van der Waals surface area contributed by atoms with Gasteiger partial charge in [-0.15, -0.1) is 0 Å². The number of carbonyl (C=O) groups is 3. The van der Waals surface area contributed by atoms with Gasteiger partial charge in [0.05, 0.1) is 23.0 Å². The van der Waals surface area contributed by atoms with E-state index in [-0.39, 0.29) is 25.5 Å². The minimum atomic E-state index is -0.454. The van der Waals surface area contributed by atoms with Crippen LogP contribution in [-0.4, -0.2) is 42.9 Å². The van der Waals surface area contributed by atoms with Crippen molar-refractivity contribution in [3.05, 3.63) is 40.4 Å². The van der Waals surface area contributed by atoms with Gasteiger partial charge in [0, 0.05) is 12.7 Å². The third kappa shape index (κ3) is 6.35. The van der Waals surface area contributed by atoms with Gasteiger partial charge >= 0.3 is 5.97 Å². The van der Waals surface area contributed by atoms with Gasteiger partial charge in [-0.1, -0.05) is 35.4 Å². The van der Waals surface area contributed by atoms with Crippen LogP contribution in [-0.2, 0) is 19.1 Å². The second-order valence-electron chi connectivity index (χ2n) is 6.06. The van der Waals surface area contributed by atoms with Crippen LogP contribution < -0.4 is 5.32 Å². The molecule has 0 fully saturated rings. The lowest BCUT2D eigenvalue weighted by atomic mass is 10.1. The molecule has 8 heteroatoms. The first-order valence-corrected chi connectivity index (χ1v) is 8.92. The number of nitrogens with zero attached hydrogens (tertiary/aromatic N) is 1. The molecule has 0 radical (unpaired) electrons. The molecule has 0 saturated carbocycles. The summed E-state index contributed by atoms with van der Waals surface area (Å²) in [6.07, 6.45) is 6.18. The predicted octanol–water partition coefficient (Wildman–Crippen LogP) is 3.29. The highest BCUT2D eigenvalue weighted by atomic mass is 35.5. The third-order valence-electron chi connectivity index (χ3n) is 3.91. The summed E-state index contributed by atoms with van der Waals surface area (Å²) in [6, 6.07) is 4.68. The summed E-state index contributed by atoms with van der Waals surface area (Å²) in [5.41, 5.74) is 0.473. The lowest BCUT2D eigenvalue weighted by molar-refractivity contribution is -0.152. The molecule has 1 atom stereocenters. The van der Waals surface area contributed by atoms with Crippen LogP contribution in [0.4, 0.5) is 5.69 Å². The van der Waals surface area contributed by atoms with Crippen molar-refractivity contribution in [3.8, 4) is 0 Å². The van der Waals surface area contributed by atoms with Gasteiger partial charge in [0.2, 0.25) is 5.91 Å². The predicted molar refractivity (Wildman–Crippen MR) is 100 cm³/mol. The van der Waals surface area contributed by atoms with E-state index in [1.165, 1.54) is 18.0 Å². The summed E-state index contributed by atoms with van der Waals surface area (Å²) in [6.45, 7) is -0.562. The molecule has 6 nitrogen and oxygen atoms in total. The minimum absolute atomic E-state index is 0.179. The number of ether oxygens (including phenoxy) is 1. The number of likely N-dealkylation sites (N-methyl/N-ethyl adjacent to an activating group) is 1. The number of amides is 2. The highest BCUT2D eigenvalue weighted by molar-refractivity contribution is 6.42. The van der Waals surface area contributed by atoms with Crippen molar-refractivity contribution < 1.29 is 19.1 Å². The maximum absolute atomic E-state index is 12.0. The Balaban J connectivity index is 1.73. The lowest BCUT2D eigenvalue weighted by Crippen LogP contribution is -2.37. The van der Waals surface area contributed by atoms with Crippen LogP contribution in [0.25, 0.3) is 0 Å². The summed E-state index contributed by atoms with van der Waals surface area (Å²) in [5, 5.41) is 3.32. The number of hydrogen-bond donors (Lipinski definition) is 1. The Morgan fingerprint density at radius 2 is 2.04 bits per heavy atom. The molecule has 0 spiro atoms. The van der Waals surface area contributed by atoms with E-state index in [0.29, 0.717) is 15.7 Å². The number of rotatable bonds is 7. The van der Waals surface area contributed by atoms with Crippen molar-refractivity contribution in [3.63, 3.8) is 0 Å². The van der Waals surface area contributed by atoms with Crippen molar-refractivity contribution >= 4 is 46.7 Å². The van der Waals surface area contributed by atoms with E-state index in [9.17, 15) is 14.4 Å². The number of carbonyl (C=O) groups excluding carboxylic acids is 3. The molecule has 1 aromatic carbocycles. The van der Waals surface area contributed by atoms with E-state index < -0.39 is 17.8 Å². The number of nitrogens with one attached hydrogen (secondary N) is 1. The van der Waals surface area contributed by atoms with Crippen molar-refractivity contribution in [1.29, 1.82) is 0 Å². The molecule has 0 aromatic heterocycles. The smallest absolute Gasteiger partial charge is 0.306 e. The molecule has 1 aromatic rings. The van der Waals surface area contributed by atoms with Crippen LogP contribution in [0.3, 0.4) is 0 Å². The molecule has 0 unspecified atom stereocenters. The van der Waals surface area contributed by atoms with Gasteiger partial charge in [0.15, 0.2) is 6.61 Å². The highest BCUT2D eigenvalue weighted by Crippen LogP contribution is 2.25. The first kappa shape index (κ1) is 20.3. The molecular weight excluding hydrogens is 379 g/mol. The first-order valence-electron chi connectivity index (χ1n) is 8.16. The molecule has 0 aliphatic heterocycles. The van der Waals surface area contributed by atoms with Crippen LogP contribution in [0.2, 0.25) is 10.0 Å². The summed E-state index contributed by atoms with van der Waals surface area (Å²) in [7, 11) is 1.46. The molecule has 2 amide bonds. The zero-order chi connectivity index (χ0) is 19.1. The molecule has 1 N–H and O–H groups in total. The second kappa shape index (κ2) is 9.59. The number of esters is 1. The van der Waals surface area contributed by atoms with E-state index in [1.807, 2.05) is 12.2 Å². The SMILES string of the molecule is CN(CC(=O)Nc1ccc(Cl)c(Cl)c1)C(=O)COC(=O)C[C@H]1C=CCC1. The number of allylic oxidation sites excluding steroid dienone is 2. The molecule has 1 aliphatic carbocycles. The Bertz CT molecular complexity index is 721. The fraction of sp³-hybridized carbons (Fsp3) is 0.389. The van der Waals surface area contributed by atoms with Gasteiger partial charge in [-0.3, -0.25) is 14.4 Å². The molecular formula is C18H20Cl2N2O4. The van der Waals surface area contributed by atoms with Crippen LogP contribution in [0.1, 0.15) is 19.3 Å². The van der Waals surface area contributed by atoms with Gasteiger partial charge in [-0.25, -0.2) is 0 Å². The van der Waals surface area contributed by atoms with E-state index in [2.05, 4.69) is 5.32 Å². The average molecular weight is 399 g/mol. The first-order chi connectivity index (χ1) is 12.3. The van der Waals surface area contributed by atoms with Gasteiger partial charge in [0.1, 0.15) is 0 Å². The lowest BCUT2D eigenvalue weighted by Gasteiger charge is -2.17. The molecule has 0 bridgehead atoms. The van der Waals surface area contributed by atoms with Crippen LogP contribution in [0.5, 0.6) is 0 Å². The summed E-state index contributed by atoms with van der Waals surface area (Å²) in [4.78, 5) is 36.9. The number of halogens is 2. The Kier molecular flexibility index (Phi) is 7.48.